The zero-order valence-corrected chi connectivity index (χ0v) is 17.0. The predicted molar refractivity (Wildman–Crippen MR) is 109 cm³/mol. The molecule has 160 valence electrons. The number of rotatable bonds is 5. The number of hydrogen-bond donors (Lipinski definition) is 1. The molecule has 4 rings (SSSR count). The van der Waals surface area contributed by atoms with Gasteiger partial charge in [-0.1, -0.05) is 12.1 Å². The summed E-state index contributed by atoms with van der Waals surface area (Å²) in [4.78, 5) is 28.9. The molecule has 0 bridgehead atoms. The number of amides is 2. The van der Waals surface area contributed by atoms with Crippen molar-refractivity contribution in [2.45, 2.75) is 31.6 Å². The van der Waals surface area contributed by atoms with Crippen molar-refractivity contribution in [1.82, 2.24) is 20.0 Å². The third-order valence-electron chi connectivity index (χ3n) is 5.87. The van der Waals surface area contributed by atoms with Crippen LogP contribution in [-0.4, -0.2) is 71.2 Å². The van der Waals surface area contributed by atoms with Gasteiger partial charge in [-0.05, 0) is 43.0 Å². The number of piperidine rings is 1. The number of nitrogens with zero attached hydrogens (tertiary/aromatic N) is 3. The van der Waals surface area contributed by atoms with E-state index in [1.165, 1.54) is 12.1 Å². The first-order valence-electron chi connectivity index (χ1n) is 10.5. The minimum Gasteiger partial charge on any atom is -0.378 e. The number of likely N-dealkylation sites (tertiary alicyclic amines) is 1. The summed E-state index contributed by atoms with van der Waals surface area (Å²) in [7, 11) is 0. The number of aromatic amines is 1. The highest BCUT2D eigenvalue weighted by Crippen LogP contribution is 2.27. The Balaban J connectivity index is 1.33. The maximum atomic E-state index is 13.0. The number of hydrogen-bond acceptors (Lipinski definition) is 4. The number of nitrogens with one attached hydrogen (secondary N) is 1. The number of benzene rings is 1. The normalized spacial score (nSPS) is 19.7. The standard InChI is InChI=1S/C22H27FN4O3/c23-18-6-3-16(4-7-18)5-8-21(28)27-9-1-2-17(15-27)19-14-20(25-24-19)22(29)26-10-12-30-13-11-26/h3-4,6-7,14,17H,1-2,5,8-13,15H2,(H,24,25). The Bertz CT molecular complexity index is 877. The van der Waals surface area contributed by atoms with Crippen molar-refractivity contribution in [3.05, 3.63) is 53.1 Å². The van der Waals surface area contributed by atoms with Crippen molar-refractivity contribution < 1.29 is 18.7 Å². The molecule has 2 aromatic rings. The summed E-state index contributed by atoms with van der Waals surface area (Å²) < 4.78 is 18.3. The molecule has 3 heterocycles. The Labute approximate surface area is 175 Å². The molecule has 1 N–H and O–H groups in total. The van der Waals surface area contributed by atoms with Crippen molar-refractivity contribution in [1.29, 1.82) is 0 Å². The van der Waals surface area contributed by atoms with E-state index in [1.54, 1.807) is 17.0 Å². The van der Waals surface area contributed by atoms with Crippen LogP contribution in [0.1, 0.15) is 46.9 Å². The number of ether oxygens (including phenoxy) is 1. The Morgan fingerprint density at radius 2 is 1.90 bits per heavy atom. The molecule has 1 aromatic carbocycles. The number of aromatic nitrogens is 2. The fourth-order valence-electron chi connectivity index (χ4n) is 4.10. The second-order valence-electron chi connectivity index (χ2n) is 7.92. The molecular weight excluding hydrogens is 387 g/mol. The number of halogens is 1. The number of aryl methyl sites for hydroxylation is 1. The molecule has 1 atom stereocenters. The molecule has 7 nitrogen and oxygen atoms in total. The molecule has 0 spiro atoms. The van der Waals surface area contributed by atoms with Gasteiger partial charge in [-0.15, -0.1) is 0 Å². The van der Waals surface area contributed by atoms with E-state index in [2.05, 4.69) is 10.2 Å². The van der Waals surface area contributed by atoms with E-state index < -0.39 is 0 Å². The highest BCUT2D eigenvalue weighted by atomic mass is 19.1. The van der Waals surface area contributed by atoms with Crippen molar-refractivity contribution in [2.75, 3.05) is 39.4 Å². The third kappa shape index (κ3) is 4.87. The molecule has 30 heavy (non-hydrogen) atoms. The van der Waals surface area contributed by atoms with Crippen molar-refractivity contribution in [3.8, 4) is 0 Å². The van der Waals surface area contributed by atoms with Gasteiger partial charge in [0.2, 0.25) is 5.91 Å². The first-order valence-corrected chi connectivity index (χ1v) is 10.5. The number of morpholine rings is 1. The summed E-state index contributed by atoms with van der Waals surface area (Å²) in [5, 5.41) is 7.24. The SMILES string of the molecule is O=C(CCc1ccc(F)cc1)N1CCCC(c2cc(C(=O)N3CCOCC3)n[nH]2)C1. The van der Waals surface area contributed by atoms with Crippen LogP contribution in [0.3, 0.4) is 0 Å². The maximum absolute atomic E-state index is 13.0. The maximum Gasteiger partial charge on any atom is 0.274 e. The van der Waals surface area contributed by atoms with Crippen LogP contribution < -0.4 is 0 Å². The number of carbonyl (C=O) groups excluding carboxylic acids is 2. The van der Waals surface area contributed by atoms with Crippen molar-refractivity contribution >= 4 is 11.8 Å². The Morgan fingerprint density at radius 1 is 1.13 bits per heavy atom. The van der Waals surface area contributed by atoms with E-state index in [0.717, 1.165) is 30.6 Å². The smallest absolute Gasteiger partial charge is 0.274 e. The summed E-state index contributed by atoms with van der Waals surface area (Å²) in [6.07, 6.45) is 2.87. The Morgan fingerprint density at radius 3 is 2.67 bits per heavy atom. The van der Waals surface area contributed by atoms with Crippen LogP contribution in [0, 0.1) is 5.82 Å². The van der Waals surface area contributed by atoms with E-state index in [1.807, 2.05) is 11.0 Å². The van der Waals surface area contributed by atoms with Gasteiger partial charge in [-0.3, -0.25) is 14.7 Å². The molecule has 2 saturated heterocycles. The van der Waals surface area contributed by atoms with Gasteiger partial charge in [0.15, 0.2) is 0 Å². The summed E-state index contributed by atoms with van der Waals surface area (Å²) in [5.41, 5.74) is 2.28. The second kappa shape index (κ2) is 9.38. The number of H-pyrrole nitrogens is 1. The van der Waals surface area contributed by atoms with Gasteiger partial charge < -0.3 is 14.5 Å². The van der Waals surface area contributed by atoms with Gasteiger partial charge in [-0.2, -0.15) is 5.10 Å². The fraction of sp³-hybridized carbons (Fsp3) is 0.500. The Kier molecular flexibility index (Phi) is 6.42. The zero-order chi connectivity index (χ0) is 20.9. The molecule has 2 amide bonds. The molecule has 1 aromatic heterocycles. The van der Waals surface area contributed by atoms with Crippen LogP contribution in [0.15, 0.2) is 30.3 Å². The van der Waals surface area contributed by atoms with Gasteiger partial charge in [0.25, 0.3) is 5.91 Å². The lowest BCUT2D eigenvalue weighted by atomic mass is 9.94. The molecule has 2 aliphatic rings. The molecule has 0 saturated carbocycles. The van der Waals surface area contributed by atoms with E-state index in [0.29, 0.717) is 51.4 Å². The summed E-state index contributed by atoms with van der Waals surface area (Å²) >= 11 is 0. The molecular formula is C22H27FN4O3. The van der Waals surface area contributed by atoms with Crippen LogP contribution in [0.4, 0.5) is 4.39 Å². The van der Waals surface area contributed by atoms with E-state index >= 15 is 0 Å². The Hall–Kier alpha value is -2.74. The van der Waals surface area contributed by atoms with E-state index in [4.69, 9.17) is 4.74 Å². The van der Waals surface area contributed by atoms with Crippen LogP contribution in [0.2, 0.25) is 0 Å². The fourth-order valence-corrected chi connectivity index (χ4v) is 4.10. The van der Waals surface area contributed by atoms with Crippen LogP contribution >= 0.6 is 0 Å². The highest BCUT2D eigenvalue weighted by Gasteiger charge is 2.27. The molecule has 0 radical (unpaired) electrons. The minimum atomic E-state index is -0.269. The van der Waals surface area contributed by atoms with Crippen molar-refractivity contribution in [2.24, 2.45) is 0 Å². The first-order chi connectivity index (χ1) is 14.6. The number of carbonyl (C=O) groups is 2. The third-order valence-corrected chi connectivity index (χ3v) is 5.87. The van der Waals surface area contributed by atoms with Gasteiger partial charge in [-0.25, -0.2) is 4.39 Å². The van der Waals surface area contributed by atoms with E-state index in [-0.39, 0.29) is 23.5 Å². The lowest BCUT2D eigenvalue weighted by Gasteiger charge is -2.32. The minimum absolute atomic E-state index is 0.0798. The monoisotopic (exact) mass is 414 g/mol. The summed E-state index contributed by atoms with van der Waals surface area (Å²) in [6, 6.07) is 8.11. The van der Waals surface area contributed by atoms with E-state index in [9.17, 15) is 14.0 Å². The van der Waals surface area contributed by atoms with Gasteiger partial charge in [0.1, 0.15) is 11.5 Å². The average molecular weight is 414 g/mol. The lowest BCUT2D eigenvalue weighted by molar-refractivity contribution is -0.132. The summed E-state index contributed by atoms with van der Waals surface area (Å²) in [5.74, 6) is -0.0979. The van der Waals surface area contributed by atoms with Crippen LogP contribution in [0.5, 0.6) is 0 Å². The molecule has 8 heteroatoms. The van der Waals surface area contributed by atoms with Gasteiger partial charge >= 0.3 is 0 Å². The quantitative estimate of drug-likeness (QED) is 0.815. The highest BCUT2D eigenvalue weighted by molar-refractivity contribution is 5.92. The summed E-state index contributed by atoms with van der Waals surface area (Å²) in [6.45, 7) is 3.64. The van der Waals surface area contributed by atoms with Crippen molar-refractivity contribution in [3.63, 3.8) is 0 Å². The second-order valence-corrected chi connectivity index (χ2v) is 7.92. The van der Waals surface area contributed by atoms with Gasteiger partial charge in [0, 0.05) is 44.2 Å². The predicted octanol–water partition coefficient (Wildman–Crippen LogP) is 2.36. The molecule has 1 unspecified atom stereocenters. The molecule has 2 fully saturated rings. The zero-order valence-electron chi connectivity index (χ0n) is 17.0. The van der Waals surface area contributed by atoms with Crippen LogP contribution in [-0.2, 0) is 16.0 Å². The largest absolute Gasteiger partial charge is 0.378 e. The van der Waals surface area contributed by atoms with Gasteiger partial charge in [0.05, 0.1) is 13.2 Å². The average Bonchev–Trinajstić information content (AvgIpc) is 3.29. The molecule has 0 aliphatic carbocycles. The topological polar surface area (TPSA) is 78.5 Å². The lowest BCUT2D eigenvalue weighted by Crippen LogP contribution is -2.40. The molecule has 2 aliphatic heterocycles. The first kappa shape index (κ1) is 20.5. The van der Waals surface area contributed by atoms with Crippen LogP contribution in [0.25, 0.3) is 0 Å².